The lowest BCUT2D eigenvalue weighted by Gasteiger charge is -2.08. The average molecular weight is 418 g/mol. The zero-order valence-electron chi connectivity index (χ0n) is 14.4. The molecule has 1 heterocycles. The van der Waals surface area contributed by atoms with Gasteiger partial charge >= 0.3 is 0 Å². The molecule has 2 aromatic carbocycles. The van der Waals surface area contributed by atoms with Crippen molar-refractivity contribution < 1.29 is 17.6 Å². The second-order valence-electron chi connectivity index (χ2n) is 5.52. The molecule has 0 aliphatic heterocycles. The van der Waals surface area contributed by atoms with Gasteiger partial charge in [-0.1, -0.05) is 47.7 Å². The molecule has 0 fully saturated rings. The molecule has 3 aromatic rings. The molecule has 144 valence electrons. The van der Waals surface area contributed by atoms with Crippen LogP contribution in [0.3, 0.4) is 0 Å². The Morgan fingerprint density at radius 2 is 1.93 bits per heavy atom. The molecule has 28 heavy (non-hydrogen) atoms. The molecule has 7 nitrogen and oxygen atoms in total. The molecule has 0 aliphatic rings. The fraction of sp³-hybridized carbons (Fsp3) is 0.0556. The number of hydrogen-bond acceptors (Lipinski definition) is 6. The Kier molecular flexibility index (Phi) is 5.93. The van der Waals surface area contributed by atoms with Crippen LogP contribution in [-0.4, -0.2) is 31.1 Å². The molecule has 0 saturated heterocycles. The molecule has 0 radical (unpaired) electrons. The fourth-order valence-corrected chi connectivity index (χ4v) is 4.08. The van der Waals surface area contributed by atoms with Gasteiger partial charge in [0.15, 0.2) is 0 Å². The highest BCUT2D eigenvalue weighted by molar-refractivity contribution is 7.89. The minimum Gasteiger partial charge on any atom is -0.296 e. The standard InChI is InChI=1S/C18H15FN4O3S2/c1-2-10-20-28(25,26)15-11-13(8-9-14(15)19)16(24)21-18-23-22-17(27-18)12-6-4-3-5-7-12/h2-9,11,20H,1,10H2,(H,21,23,24). The van der Waals surface area contributed by atoms with E-state index >= 15 is 0 Å². The zero-order valence-corrected chi connectivity index (χ0v) is 16.1. The van der Waals surface area contributed by atoms with Crippen molar-refractivity contribution in [3.63, 3.8) is 0 Å². The van der Waals surface area contributed by atoms with Crippen LogP contribution in [0.15, 0.2) is 66.1 Å². The average Bonchev–Trinajstić information content (AvgIpc) is 3.15. The van der Waals surface area contributed by atoms with E-state index in [0.717, 1.165) is 29.0 Å². The van der Waals surface area contributed by atoms with E-state index in [4.69, 9.17) is 0 Å². The number of nitrogens with zero attached hydrogens (tertiary/aromatic N) is 2. The lowest BCUT2D eigenvalue weighted by molar-refractivity contribution is 0.102. The highest BCUT2D eigenvalue weighted by Crippen LogP contribution is 2.26. The van der Waals surface area contributed by atoms with E-state index in [1.807, 2.05) is 30.3 Å². The van der Waals surface area contributed by atoms with Crippen LogP contribution in [0.25, 0.3) is 10.6 Å². The Bertz CT molecular complexity index is 1110. The smallest absolute Gasteiger partial charge is 0.257 e. The molecule has 0 saturated carbocycles. The van der Waals surface area contributed by atoms with Gasteiger partial charge < -0.3 is 0 Å². The third-order valence-electron chi connectivity index (χ3n) is 3.57. The first kappa shape index (κ1) is 19.8. The van der Waals surface area contributed by atoms with Crippen molar-refractivity contribution in [3.8, 4) is 10.6 Å². The molecular weight excluding hydrogens is 403 g/mol. The van der Waals surface area contributed by atoms with Crippen LogP contribution in [-0.2, 0) is 10.0 Å². The number of halogens is 1. The number of amides is 1. The minimum atomic E-state index is -4.12. The summed E-state index contributed by atoms with van der Waals surface area (Å²) >= 11 is 1.16. The van der Waals surface area contributed by atoms with Crippen LogP contribution < -0.4 is 10.0 Å². The molecule has 2 N–H and O–H groups in total. The summed E-state index contributed by atoms with van der Waals surface area (Å²) in [5.41, 5.74) is 0.820. The topological polar surface area (TPSA) is 101 Å². The van der Waals surface area contributed by atoms with Gasteiger partial charge in [-0.3, -0.25) is 10.1 Å². The number of hydrogen-bond donors (Lipinski definition) is 2. The van der Waals surface area contributed by atoms with Gasteiger partial charge in [0.2, 0.25) is 15.2 Å². The van der Waals surface area contributed by atoms with Gasteiger partial charge in [-0.05, 0) is 18.2 Å². The van der Waals surface area contributed by atoms with Gasteiger partial charge in [-0.25, -0.2) is 17.5 Å². The number of sulfonamides is 1. The lowest BCUT2D eigenvalue weighted by Crippen LogP contribution is -2.25. The summed E-state index contributed by atoms with van der Waals surface area (Å²) in [5.74, 6) is -1.59. The van der Waals surface area contributed by atoms with Crippen LogP contribution in [0.2, 0.25) is 0 Å². The van der Waals surface area contributed by atoms with Crippen LogP contribution >= 0.6 is 11.3 Å². The van der Waals surface area contributed by atoms with E-state index in [1.54, 1.807) is 0 Å². The van der Waals surface area contributed by atoms with Crippen molar-refractivity contribution in [2.24, 2.45) is 0 Å². The Balaban J connectivity index is 1.81. The third kappa shape index (κ3) is 4.47. The van der Waals surface area contributed by atoms with Crippen LogP contribution in [0.1, 0.15) is 10.4 Å². The molecule has 0 bridgehead atoms. The summed E-state index contributed by atoms with van der Waals surface area (Å²) < 4.78 is 40.5. The third-order valence-corrected chi connectivity index (χ3v) is 5.89. The van der Waals surface area contributed by atoms with E-state index in [2.05, 4.69) is 26.8 Å². The summed E-state index contributed by atoms with van der Waals surface area (Å²) in [6.07, 6.45) is 1.33. The normalized spacial score (nSPS) is 11.2. The van der Waals surface area contributed by atoms with Crippen LogP contribution in [0.4, 0.5) is 9.52 Å². The number of rotatable bonds is 7. The highest BCUT2D eigenvalue weighted by Gasteiger charge is 2.21. The van der Waals surface area contributed by atoms with E-state index in [9.17, 15) is 17.6 Å². The molecule has 1 aromatic heterocycles. The quantitative estimate of drug-likeness (QED) is 0.575. The second kappa shape index (κ2) is 8.38. The predicted octanol–water partition coefficient (Wildman–Crippen LogP) is 3.06. The maximum atomic E-state index is 14.0. The number of benzene rings is 2. The first-order chi connectivity index (χ1) is 13.4. The summed E-state index contributed by atoms with van der Waals surface area (Å²) in [5, 5.41) is 11.3. The van der Waals surface area contributed by atoms with Crippen LogP contribution in [0, 0.1) is 5.82 Å². The predicted molar refractivity (Wildman–Crippen MR) is 105 cm³/mol. The highest BCUT2D eigenvalue weighted by atomic mass is 32.2. The Hall–Kier alpha value is -2.95. The number of carbonyl (C=O) groups excluding carboxylic acids is 1. The number of carbonyl (C=O) groups is 1. The van der Waals surface area contributed by atoms with Crippen molar-refractivity contribution in [1.29, 1.82) is 0 Å². The summed E-state index contributed by atoms with van der Waals surface area (Å²) in [6.45, 7) is 3.34. The van der Waals surface area contributed by atoms with Gasteiger partial charge in [0.05, 0.1) is 0 Å². The molecule has 1 amide bonds. The molecule has 3 rings (SSSR count). The van der Waals surface area contributed by atoms with Crippen molar-refractivity contribution in [1.82, 2.24) is 14.9 Å². The second-order valence-corrected chi connectivity index (χ2v) is 8.23. The van der Waals surface area contributed by atoms with E-state index in [-0.39, 0.29) is 17.2 Å². The Labute approximate surface area is 165 Å². The largest absolute Gasteiger partial charge is 0.296 e. The van der Waals surface area contributed by atoms with Gasteiger partial charge in [0, 0.05) is 17.7 Å². The van der Waals surface area contributed by atoms with Gasteiger partial charge in [-0.15, -0.1) is 16.8 Å². The van der Waals surface area contributed by atoms with Crippen molar-refractivity contribution in [2.45, 2.75) is 4.90 Å². The molecule has 0 atom stereocenters. The van der Waals surface area contributed by atoms with Gasteiger partial charge in [0.1, 0.15) is 15.7 Å². The SMILES string of the molecule is C=CCNS(=O)(=O)c1cc(C(=O)Nc2nnc(-c3ccccc3)s2)ccc1F. The Morgan fingerprint density at radius 3 is 2.64 bits per heavy atom. The molecule has 0 unspecified atom stereocenters. The lowest BCUT2D eigenvalue weighted by atomic mass is 10.2. The van der Waals surface area contributed by atoms with E-state index in [1.165, 1.54) is 12.1 Å². The first-order valence-corrected chi connectivity index (χ1v) is 10.3. The van der Waals surface area contributed by atoms with Crippen LogP contribution in [0.5, 0.6) is 0 Å². The van der Waals surface area contributed by atoms with Crippen molar-refractivity contribution >= 4 is 32.4 Å². The molecule has 0 spiro atoms. The number of anilines is 1. The van der Waals surface area contributed by atoms with Crippen molar-refractivity contribution in [3.05, 3.63) is 72.6 Å². The van der Waals surface area contributed by atoms with Gasteiger partial charge in [0.25, 0.3) is 5.91 Å². The Morgan fingerprint density at radius 1 is 1.18 bits per heavy atom. The van der Waals surface area contributed by atoms with Gasteiger partial charge in [-0.2, -0.15) is 0 Å². The van der Waals surface area contributed by atoms with Crippen molar-refractivity contribution in [2.75, 3.05) is 11.9 Å². The minimum absolute atomic E-state index is 0.0307. The molecular formula is C18H15FN4O3S2. The van der Waals surface area contributed by atoms with E-state index < -0.39 is 26.6 Å². The zero-order chi connectivity index (χ0) is 20.1. The summed E-state index contributed by atoms with van der Waals surface area (Å²) in [6, 6.07) is 12.4. The maximum absolute atomic E-state index is 14.0. The maximum Gasteiger partial charge on any atom is 0.257 e. The molecule has 10 heteroatoms. The summed E-state index contributed by atoms with van der Waals surface area (Å²) in [7, 11) is -4.12. The first-order valence-electron chi connectivity index (χ1n) is 8.01. The van der Waals surface area contributed by atoms with E-state index in [0.29, 0.717) is 5.01 Å². The molecule has 0 aliphatic carbocycles. The number of aromatic nitrogens is 2. The monoisotopic (exact) mass is 418 g/mol. The summed E-state index contributed by atoms with van der Waals surface area (Å²) in [4.78, 5) is 11.8. The number of nitrogens with one attached hydrogen (secondary N) is 2. The fourth-order valence-electron chi connectivity index (χ4n) is 2.24.